The summed E-state index contributed by atoms with van der Waals surface area (Å²) in [6.07, 6.45) is 8.67. The first-order valence-corrected chi connectivity index (χ1v) is 6.52. The minimum absolute atomic E-state index is 0.796. The van der Waals surface area contributed by atoms with Gasteiger partial charge in [-0.05, 0) is 30.7 Å². The van der Waals surface area contributed by atoms with E-state index in [1.807, 2.05) is 24.3 Å². The summed E-state index contributed by atoms with van der Waals surface area (Å²) in [4.78, 5) is 0. The van der Waals surface area contributed by atoms with Gasteiger partial charge < -0.3 is 4.74 Å². The molecular formula is C14H17BrO. The molecule has 0 bridgehead atoms. The predicted molar refractivity (Wildman–Crippen MR) is 71.3 cm³/mol. The normalized spacial score (nSPS) is 9.38. The Morgan fingerprint density at radius 1 is 1.12 bits per heavy atom. The van der Waals surface area contributed by atoms with E-state index in [0.717, 1.165) is 16.6 Å². The van der Waals surface area contributed by atoms with Crippen molar-refractivity contribution in [3.63, 3.8) is 0 Å². The van der Waals surface area contributed by atoms with E-state index in [1.54, 1.807) is 0 Å². The van der Waals surface area contributed by atoms with E-state index in [0.29, 0.717) is 0 Å². The maximum absolute atomic E-state index is 5.29. The van der Waals surface area contributed by atoms with Crippen molar-refractivity contribution in [3.8, 4) is 17.8 Å². The van der Waals surface area contributed by atoms with E-state index in [1.165, 1.54) is 25.7 Å². The third-order valence-corrected chi connectivity index (χ3v) is 2.74. The molecule has 0 saturated heterocycles. The lowest BCUT2D eigenvalue weighted by Gasteiger charge is -1.96. The molecule has 0 spiro atoms. The van der Waals surface area contributed by atoms with Crippen molar-refractivity contribution in [2.75, 3.05) is 0 Å². The standard InChI is InChI=1S/C14H17BrO/c1-2-3-4-5-6-7-12-16-14-10-8-13(15)9-11-14/h8-11H,2-6H2,1H3. The molecule has 0 aliphatic rings. The average Bonchev–Trinajstić information content (AvgIpc) is 2.30. The molecule has 0 aromatic heterocycles. The van der Waals surface area contributed by atoms with Crippen LogP contribution in [0, 0.1) is 12.0 Å². The minimum atomic E-state index is 0.796. The highest BCUT2D eigenvalue weighted by Crippen LogP contribution is 2.15. The molecule has 2 heteroatoms. The lowest BCUT2D eigenvalue weighted by molar-refractivity contribution is 0.518. The molecule has 1 aromatic carbocycles. The molecule has 86 valence electrons. The molecule has 0 amide bonds. The molecule has 0 N–H and O–H groups in total. The van der Waals surface area contributed by atoms with Gasteiger partial charge in [0.15, 0.2) is 0 Å². The molecule has 0 atom stereocenters. The first-order valence-electron chi connectivity index (χ1n) is 5.73. The van der Waals surface area contributed by atoms with Crippen molar-refractivity contribution in [2.24, 2.45) is 0 Å². The first kappa shape index (κ1) is 13.1. The van der Waals surface area contributed by atoms with Gasteiger partial charge in [0.2, 0.25) is 0 Å². The van der Waals surface area contributed by atoms with Crippen LogP contribution in [-0.4, -0.2) is 0 Å². The van der Waals surface area contributed by atoms with E-state index in [4.69, 9.17) is 4.74 Å². The number of benzene rings is 1. The van der Waals surface area contributed by atoms with Crippen LogP contribution < -0.4 is 4.74 Å². The van der Waals surface area contributed by atoms with Crippen LogP contribution >= 0.6 is 15.9 Å². The van der Waals surface area contributed by atoms with E-state index < -0.39 is 0 Å². The quantitative estimate of drug-likeness (QED) is 0.558. The van der Waals surface area contributed by atoms with E-state index in [9.17, 15) is 0 Å². The van der Waals surface area contributed by atoms with Crippen LogP contribution in [0.4, 0.5) is 0 Å². The predicted octanol–water partition coefficient (Wildman–Crippen LogP) is 4.76. The highest BCUT2D eigenvalue weighted by molar-refractivity contribution is 9.10. The van der Waals surface area contributed by atoms with E-state index >= 15 is 0 Å². The Balaban J connectivity index is 2.19. The fraction of sp³-hybridized carbons (Fsp3) is 0.429. The number of halogens is 1. The summed E-state index contributed by atoms with van der Waals surface area (Å²) >= 11 is 3.37. The van der Waals surface area contributed by atoms with Gasteiger partial charge in [-0.15, -0.1) is 0 Å². The molecular weight excluding hydrogens is 264 g/mol. The Hall–Kier alpha value is -0.940. The number of hydrogen-bond donors (Lipinski definition) is 0. The fourth-order valence-corrected chi connectivity index (χ4v) is 1.55. The van der Waals surface area contributed by atoms with Crippen LogP contribution in [0.25, 0.3) is 0 Å². The van der Waals surface area contributed by atoms with Gasteiger partial charge in [-0.3, -0.25) is 0 Å². The summed E-state index contributed by atoms with van der Waals surface area (Å²) in [6.45, 7) is 2.21. The Kier molecular flexibility index (Phi) is 6.76. The topological polar surface area (TPSA) is 9.23 Å². The zero-order chi connectivity index (χ0) is 11.6. The van der Waals surface area contributed by atoms with Gasteiger partial charge in [-0.25, -0.2) is 0 Å². The number of rotatable bonds is 5. The zero-order valence-corrected chi connectivity index (χ0v) is 11.2. The zero-order valence-electron chi connectivity index (χ0n) is 9.63. The second-order valence-electron chi connectivity index (χ2n) is 3.65. The molecule has 0 fully saturated rings. The second kappa shape index (κ2) is 8.24. The molecule has 1 nitrogen and oxygen atoms in total. The van der Waals surface area contributed by atoms with E-state index in [2.05, 4.69) is 34.9 Å². The Bertz CT molecular complexity index is 345. The SMILES string of the molecule is CCCCCCC#COc1ccc(Br)cc1. The third kappa shape index (κ3) is 5.82. The molecule has 0 heterocycles. The molecule has 0 radical (unpaired) electrons. The van der Waals surface area contributed by atoms with Crippen LogP contribution in [0.15, 0.2) is 28.7 Å². The van der Waals surface area contributed by atoms with Crippen LogP contribution in [-0.2, 0) is 0 Å². The maximum Gasteiger partial charge on any atom is 0.140 e. The summed E-state index contributed by atoms with van der Waals surface area (Å²) in [5, 5.41) is 0. The number of ether oxygens (including phenoxy) is 1. The second-order valence-corrected chi connectivity index (χ2v) is 4.56. The minimum Gasteiger partial charge on any atom is -0.408 e. The van der Waals surface area contributed by atoms with Crippen molar-refractivity contribution in [1.82, 2.24) is 0 Å². The molecule has 0 saturated carbocycles. The van der Waals surface area contributed by atoms with Crippen molar-refractivity contribution < 1.29 is 4.74 Å². The summed E-state index contributed by atoms with van der Waals surface area (Å²) in [5.74, 6) is 3.82. The van der Waals surface area contributed by atoms with Crippen molar-refractivity contribution >= 4 is 15.9 Å². The van der Waals surface area contributed by atoms with Crippen molar-refractivity contribution in [1.29, 1.82) is 0 Å². The van der Waals surface area contributed by atoms with Crippen molar-refractivity contribution in [2.45, 2.75) is 39.0 Å². The molecule has 16 heavy (non-hydrogen) atoms. The lowest BCUT2D eigenvalue weighted by Crippen LogP contribution is -1.82. The van der Waals surface area contributed by atoms with Gasteiger partial charge in [0, 0.05) is 10.9 Å². The highest BCUT2D eigenvalue weighted by Gasteiger charge is 1.90. The lowest BCUT2D eigenvalue weighted by atomic mass is 10.2. The summed E-state index contributed by atoms with van der Waals surface area (Å²) < 4.78 is 6.33. The monoisotopic (exact) mass is 280 g/mol. The van der Waals surface area contributed by atoms with E-state index in [-0.39, 0.29) is 0 Å². The van der Waals surface area contributed by atoms with Gasteiger partial charge >= 0.3 is 0 Å². The third-order valence-electron chi connectivity index (χ3n) is 2.21. The van der Waals surface area contributed by atoms with Gasteiger partial charge in [0.05, 0.1) is 0 Å². The molecule has 1 aromatic rings. The number of hydrogen-bond acceptors (Lipinski definition) is 1. The molecule has 0 unspecified atom stereocenters. The van der Waals surface area contributed by atoms with Gasteiger partial charge in [-0.2, -0.15) is 0 Å². The van der Waals surface area contributed by atoms with Crippen molar-refractivity contribution in [3.05, 3.63) is 28.7 Å². The Labute approximate surface area is 106 Å². The van der Waals surface area contributed by atoms with Gasteiger partial charge in [0.25, 0.3) is 0 Å². The molecule has 1 rings (SSSR count). The highest BCUT2D eigenvalue weighted by atomic mass is 79.9. The first-order chi connectivity index (χ1) is 7.83. The molecule has 0 aliphatic heterocycles. The Morgan fingerprint density at radius 2 is 1.88 bits per heavy atom. The van der Waals surface area contributed by atoms with Crippen LogP contribution in [0.5, 0.6) is 5.75 Å². The van der Waals surface area contributed by atoms with Crippen LogP contribution in [0.2, 0.25) is 0 Å². The van der Waals surface area contributed by atoms with Crippen LogP contribution in [0.3, 0.4) is 0 Å². The fourth-order valence-electron chi connectivity index (χ4n) is 1.29. The van der Waals surface area contributed by atoms with Crippen LogP contribution in [0.1, 0.15) is 39.0 Å². The summed E-state index contributed by atoms with van der Waals surface area (Å²) in [7, 11) is 0. The average molecular weight is 281 g/mol. The van der Waals surface area contributed by atoms with Gasteiger partial charge in [-0.1, -0.05) is 48.0 Å². The maximum atomic E-state index is 5.29. The summed E-state index contributed by atoms with van der Waals surface area (Å²) in [5.41, 5.74) is 0. The largest absolute Gasteiger partial charge is 0.408 e. The van der Waals surface area contributed by atoms with Gasteiger partial charge in [0.1, 0.15) is 11.9 Å². The smallest absolute Gasteiger partial charge is 0.140 e. The number of unbranched alkanes of at least 4 members (excludes halogenated alkanes) is 4. The molecule has 0 aliphatic carbocycles. The summed E-state index contributed by atoms with van der Waals surface area (Å²) in [6, 6.07) is 7.68. The Morgan fingerprint density at radius 3 is 2.56 bits per heavy atom.